The second kappa shape index (κ2) is 11.7. The van der Waals surface area contributed by atoms with Gasteiger partial charge in [-0.2, -0.15) is 4.98 Å². The van der Waals surface area contributed by atoms with E-state index in [0.717, 1.165) is 35.0 Å². The number of ether oxygens (including phenoxy) is 3. The molecule has 0 saturated carbocycles. The largest absolute Gasteiger partial charge is 0.493 e. The van der Waals surface area contributed by atoms with Gasteiger partial charge in [-0.3, -0.25) is 4.79 Å². The molecule has 0 saturated heterocycles. The first-order chi connectivity index (χ1) is 17.1. The van der Waals surface area contributed by atoms with Crippen LogP contribution in [-0.4, -0.2) is 29.3 Å². The molecule has 35 heavy (non-hydrogen) atoms. The Morgan fingerprint density at radius 3 is 2.06 bits per heavy atom. The number of carbonyl (C=O) groups is 1. The highest BCUT2D eigenvalue weighted by atomic mass is 16.5. The van der Waals surface area contributed by atoms with Gasteiger partial charge in [0.05, 0.1) is 13.2 Å². The summed E-state index contributed by atoms with van der Waals surface area (Å²) in [6.07, 6.45) is 0.735. The smallest absolute Gasteiger partial charge is 0.249 e. The van der Waals surface area contributed by atoms with Gasteiger partial charge in [-0.1, -0.05) is 23.4 Å². The lowest BCUT2D eigenvalue weighted by Crippen LogP contribution is -2.23. The summed E-state index contributed by atoms with van der Waals surface area (Å²) in [5.74, 6) is 3.73. The maximum absolute atomic E-state index is 11.2. The van der Waals surface area contributed by atoms with Crippen molar-refractivity contribution in [2.75, 3.05) is 13.2 Å². The summed E-state index contributed by atoms with van der Waals surface area (Å²) in [6, 6.07) is 24.3. The molecular formula is C27H27N3O5. The van der Waals surface area contributed by atoms with Crippen molar-refractivity contribution < 1.29 is 23.5 Å². The quantitative estimate of drug-likeness (QED) is 0.284. The van der Waals surface area contributed by atoms with Gasteiger partial charge in [-0.25, -0.2) is 0 Å². The molecule has 8 heteroatoms. The third kappa shape index (κ3) is 7.07. The normalized spacial score (nSPS) is 11.5. The van der Waals surface area contributed by atoms with Crippen LogP contribution in [0.25, 0.3) is 11.4 Å². The highest BCUT2D eigenvalue weighted by Gasteiger charge is 2.16. The Kier molecular flexibility index (Phi) is 7.96. The highest BCUT2D eigenvalue weighted by Crippen LogP contribution is 2.24. The molecule has 0 fully saturated rings. The number of hydrogen-bond donors (Lipinski definition) is 1. The van der Waals surface area contributed by atoms with Crippen molar-refractivity contribution in [2.24, 2.45) is 0 Å². The van der Waals surface area contributed by atoms with Crippen molar-refractivity contribution >= 4 is 5.91 Å². The van der Waals surface area contributed by atoms with Gasteiger partial charge < -0.3 is 24.1 Å². The van der Waals surface area contributed by atoms with E-state index in [4.69, 9.17) is 18.7 Å². The molecule has 0 radical (unpaired) electrons. The number of rotatable bonds is 11. The lowest BCUT2D eigenvalue weighted by atomic mass is 10.2. The minimum atomic E-state index is -0.348. The summed E-state index contributed by atoms with van der Waals surface area (Å²) in [5.41, 5.74) is 0.797. The van der Waals surface area contributed by atoms with Crippen LogP contribution in [0.4, 0.5) is 0 Å². The van der Waals surface area contributed by atoms with Gasteiger partial charge in [-0.15, -0.1) is 0 Å². The Hall–Kier alpha value is -4.33. The Labute approximate surface area is 203 Å². The van der Waals surface area contributed by atoms with E-state index < -0.39 is 0 Å². The highest BCUT2D eigenvalue weighted by molar-refractivity contribution is 5.73. The summed E-state index contributed by atoms with van der Waals surface area (Å²) >= 11 is 0. The molecule has 0 aliphatic heterocycles. The zero-order valence-electron chi connectivity index (χ0n) is 19.6. The summed E-state index contributed by atoms with van der Waals surface area (Å²) in [4.78, 5) is 15.5. The number of benzene rings is 3. The fraction of sp³-hybridized carbons (Fsp3) is 0.222. The lowest BCUT2D eigenvalue weighted by molar-refractivity contribution is -0.119. The standard InChI is InChI=1S/C27H27N3O5/c1-19(28-20(2)31)27-29-26(30-35-27)21-9-11-22(12-10-21)32-17-6-18-33-23-13-15-25(16-14-23)34-24-7-4-3-5-8-24/h3-5,7-16,19H,6,17-18H2,1-2H3,(H,28,31). The fourth-order valence-corrected chi connectivity index (χ4v) is 3.26. The van der Waals surface area contributed by atoms with Gasteiger partial charge in [0.2, 0.25) is 17.6 Å². The third-order valence-corrected chi connectivity index (χ3v) is 4.97. The zero-order valence-corrected chi connectivity index (χ0v) is 19.6. The van der Waals surface area contributed by atoms with Crippen LogP contribution in [0.2, 0.25) is 0 Å². The Morgan fingerprint density at radius 1 is 0.857 bits per heavy atom. The van der Waals surface area contributed by atoms with E-state index in [1.807, 2.05) is 78.9 Å². The molecule has 0 bridgehead atoms. The van der Waals surface area contributed by atoms with E-state index in [0.29, 0.717) is 24.9 Å². The van der Waals surface area contributed by atoms with Crippen LogP contribution >= 0.6 is 0 Å². The maximum Gasteiger partial charge on any atom is 0.249 e. The first-order valence-electron chi connectivity index (χ1n) is 11.4. The number of hydrogen-bond acceptors (Lipinski definition) is 7. The van der Waals surface area contributed by atoms with E-state index in [2.05, 4.69) is 15.5 Å². The SMILES string of the molecule is CC(=O)NC(C)c1nc(-c2ccc(OCCCOc3ccc(Oc4ccccc4)cc3)cc2)no1. The number of carbonyl (C=O) groups excluding carboxylic acids is 1. The molecule has 8 nitrogen and oxygen atoms in total. The second-order valence-electron chi connectivity index (χ2n) is 7.84. The minimum absolute atomic E-state index is 0.157. The first-order valence-corrected chi connectivity index (χ1v) is 11.4. The van der Waals surface area contributed by atoms with Crippen molar-refractivity contribution in [1.29, 1.82) is 0 Å². The molecule has 1 unspecified atom stereocenters. The number of nitrogens with zero attached hydrogens (tertiary/aromatic N) is 2. The van der Waals surface area contributed by atoms with Gasteiger partial charge >= 0.3 is 0 Å². The van der Waals surface area contributed by atoms with E-state index in [1.54, 1.807) is 6.92 Å². The number of nitrogens with one attached hydrogen (secondary N) is 1. The van der Waals surface area contributed by atoms with Crippen LogP contribution in [0.5, 0.6) is 23.0 Å². The molecule has 3 aromatic carbocycles. The molecule has 1 heterocycles. The van der Waals surface area contributed by atoms with Gasteiger partial charge in [0.15, 0.2) is 0 Å². The van der Waals surface area contributed by atoms with Gasteiger partial charge in [0, 0.05) is 18.9 Å². The van der Waals surface area contributed by atoms with E-state index in [1.165, 1.54) is 6.92 Å². The van der Waals surface area contributed by atoms with E-state index >= 15 is 0 Å². The molecule has 0 aliphatic carbocycles. The van der Waals surface area contributed by atoms with Crippen molar-refractivity contribution in [3.63, 3.8) is 0 Å². The van der Waals surface area contributed by atoms with Crippen molar-refractivity contribution in [2.45, 2.75) is 26.3 Å². The molecule has 4 rings (SSSR count). The number of aromatic nitrogens is 2. The average molecular weight is 474 g/mol. The van der Waals surface area contributed by atoms with Crippen LogP contribution in [0.3, 0.4) is 0 Å². The van der Waals surface area contributed by atoms with Gasteiger partial charge in [-0.05, 0) is 67.6 Å². The molecule has 1 N–H and O–H groups in total. The second-order valence-corrected chi connectivity index (χ2v) is 7.84. The lowest BCUT2D eigenvalue weighted by Gasteiger charge is -2.09. The van der Waals surface area contributed by atoms with Crippen LogP contribution < -0.4 is 19.5 Å². The van der Waals surface area contributed by atoms with E-state index in [-0.39, 0.29) is 11.9 Å². The summed E-state index contributed by atoms with van der Waals surface area (Å²) in [6.45, 7) is 4.29. The predicted octanol–water partition coefficient (Wildman–Crippen LogP) is 5.57. The van der Waals surface area contributed by atoms with Crippen molar-refractivity contribution in [3.8, 4) is 34.4 Å². The molecule has 180 valence electrons. The van der Waals surface area contributed by atoms with Gasteiger partial charge in [0.1, 0.15) is 29.0 Å². The molecule has 0 spiro atoms. The van der Waals surface area contributed by atoms with Crippen molar-refractivity contribution in [1.82, 2.24) is 15.5 Å². The third-order valence-electron chi connectivity index (χ3n) is 4.97. The van der Waals surface area contributed by atoms with Gasteiger partial charge in [0.25, 0.3) is 0 Å². The average Bonchev–Trinajstić information content (AvgIpc) is 3.36. The number of para-hydroxylation sites is 1. The summed E-state index contributed by atoms with van der Waals surface area (Å²) in [7, 11) is 0. The minimum Gasteiger partial charge on any atom is -0.493 e. The molecule has 1 aromatic heterocycles. The Bertz CT molecular complexity index is 1210. The zero-order chi connectivity index (χ0) is 24.5. The Balaban J connectivity index is 1.18. The summed E-state index contributed by atoms with van der Waals surface area (Å²) in [5, 5.41) is 6.70. The molecule has 4 aromatic rings. The molecular weight excluding hydrogens is 446 g/mol. The van der Waals surface area contributed by atoms with Crippen LogP contribution in [0.15, 0.2) is 83.4 Å². The fourth-order valence-electron chi connectivity index (χ4n) is 3.26. The van der Waals surface area contributed by atoms with Crippen LogP contribution in [0.1, 0.15) is 32.2 Å². The molecule has 1 atom stereocenters. The maximum atomic E-state index is 11.2. The predicted molar refractivity (Wildman–Crippen MR) is 131 cm³/mol. The van der Waals surface area contributed by atoms with Crippen LogP contribution in [0, 0.1) is 0 Å². The number of amides is 1. The van der Waals surface area contributed by atoms with Crippen LogP contribution in [-0.2, 0) is 4.79 Å². The summed E-state index contributed by atoms with van der Waals surface area (Å²) < 4.78 is 22.6. The topological polar surface area (TPSA) is 95.7 Å². The Morgan fingerprint density at radius 2 is 1.43 bits per heavy atom. The van der Waals surface area contributed by atoms with Crippen molar-refractivity contribution in [3.05, 3.63) is 84.8 Å². The molecule has 1 amide bonds. The first kappa shape index (κ1) is 23.8. The van der Waals surface area contributed by atoms with E-state index in [9.17, 15) is 4.79 Å². The monoisotopic (exact) mass is 473 g/mol. The molecule has 0 aliphatic rings.